The minimum Gasteiger partial charge on any atom is -0.244 e. The molecule has 19 heavy (non-hydrogen) atoms. The molecule has 1 aromatic heterocycles. The van der Waals surface area contributed by atoms with Crippen LogP contribution in [0.25, 0.3) is 0 Å². The minimum absolute atomic E-state index is 0.698. The van der Waals surface area contributed by atoms with Gasteiger partial charge in [-0.3, -0.25) is 0 Å². The molecule has 2 aromatic rings. The third kappa shape index (κ3) is 2.91. The van der Waals surface area contributed by atoms with Gasteiger partial charge in [-0.2, -0.15) is 5.26 Å². The van der Waals surface area contributed by atoms with E-state index >= 15 is 0 Å². The van der Waals surface area contributed by atoms with Crippen molar-refractivity contribution >= 4 is 22.6 Å². The third-order valence-electron chi connectivity index (χ3n) is 3.20. The van der Waals surface area contributed by atoms with Crippen molar-refractivity contribution in [2.45, 2.75) is 27.2 Å². The summed E-state index contributed by atoms with van der Waals surface area (Å²) in [6, 6.07) is 10.6. The highest BCUT2D eigenvalue weighted by molar-refractivity contribution is 7.16. The van der Waals surface area contributed by atoms with Gasteiger partial charge in [0, 0.05) is 11.1 Å². The van der Waals surface area contributed by atoms with Gasteiger partial charge in [-0.1, -0.05) is 31.2 Å². The fourth-order valence-electron chi connectivity index (χ4n) is 1.80. The van der Waals surface area contributed by atoms with Gasteiger partial charge in [0.25, 0.3) is 0 Å². The zero-order chi connectivity index (χ0) is 13.8. The number of nitrogens with zero attached hydrogens (tertiary/aromatic N) is 2. The Morgan fingerprint density at radius 3 is 2.53 bits per heavy atom. The van der Waals surface area contributed by atoms with Crippen LogP contribution in [0.2, 0.25) is 0 Å². The lowest BCUT2D eigenvalue weighted by Crippen LogP contribution is -1.83. The molecule has 96 valence electrons. The first-order valence-electron chi connectivity index (χ1n) is 6.28. The van der Waals surface area contributed by atoms with Crippen molar-refractivity contribution < 1.29 is 0 Å². The van der Waals surface area contributed by atoms with Crippen LogP contribution in [-0.4, -0.2) is 6.21 Å². The third-order valence-corrected chi connectivity index (χ3v) is 4.31. The van der Waals surface area contributed by atoms with E-state index < -0.39 is 0 Å². The molecule has 3 heteroatoms. The summed E-state index contributed by atoms with van der Waals surface area (Å²) >= 11 is 1.57. The molecular formula is C16H16N2S. The molecule has 1 aromatic carbocycles. The molecule has 2 rings (SSSR count). The van der Waals surface area contributed by atoms with Gasteiger partial charge in [0.1, 0.15) is 11.1 Å². The maximum absolute atomic E-state index is 9.16. The van der Waals surface area contributed by atoms with Crippen LogP contribution in [0.5, 0.6) is 0 Å². The Hall–Kier alpha value is -1.92. The molecule has 0 amide bonds. The molecule has 0 spiro atoms. The van der Waals surface area contributed by atoms with Gasteiger partial charge < -0.3 is 0 Å². The smallest absolute Gasteiger partial charge is 0.134 e. The second-order valence-corrected chi connectivity index (χ2v) is 5.63. The average molecular weight is 268 g/mol. The number of nitriles is 1. The maximum Gasteiger partial charge on any atom is 0.134 e. The lowest BCUT2D eigenvalue weighted by atomic mass is 10.1. The van der Waals surface area contributed by atoms with E-state index in [1.54, 1.807) is 11.3 Å². The van der Waals surface area contributed by atoms with Crippen LogP contribution in [0.15, 0.2) is 29.3 Å². The molecule has 2 nitrogen and oxygen atoms in total. The highest BCUT2D eigenvalue weighted by atomic mass is 32.1. The van der Waals surface area contributed by atoms with E-state index in [4.69, 9.17) is 5.26 Å². The van der Waals surface area contributed by atoms with Crippen LogP contribution in [0.4, 0.5) is 5.00 Å². The fraction of sp³-hybridized carbons (Fsp3) is 0.250. The number of aryl methyl sites for hydroxylation is 2. The number of hydrogen-bond acceptors (Lipinski definition) is 3. The van der Waals surface area contributed by atoms with Crippen LogP contribution in [0.1, 0.15) is 34.1 Å². The predicted octanol–water partition coefficient (Wildman–Crippen LogP) is 4.55. The maximum atomic E-state index is 9.16. The monoisotopic (exact) mass is 268 g/mol. The number of benzene rings is 1. The average Bonchev–Trinajstić information content (AvgIpc) is 2.72. The molecule has 0 aliphatic carbocycles. The zero-order valence-corrected chi connectivity index (χ0v) is 12.2. The summed E-state index contributed by atoms with van der Waals surface area (Å²) < 4.78 is 0. The summed E-state index contributed by atoms with van der Waals surface area (Å²) in [5.74, 6) is 0. The van der Waals surface area contributed by atoms with Crippen molar-refractivity contribution in [1.82, 2.24) is 0 Å². The van der Waals surface area contributed by atoms with Crippen LogP contribution < -0.4 is 0 Å². The zero-order valence-electron chi connectivity index (χ0n) is 11.4. The first-order valence-corrected chi connectivity index (χ1v) is 7.10. The van der Waals surface area contributed by atoms with E-state index in [0.717, 1.165) is 27.4 Å². The summed E-state index contributed by atoms with van der Waals surface area (Å²) in [6.07, 6.45) is 2.87. The number of aliphatic imine (C=N–C) groups is 1. The van der Waals surface area contributed by atoms with Crippen LogP contribution in [0.3, 0.4) is 0 Å². The Bertz CT molecular complexity index is 643. The minimum atomic E-state index is 0.698. The largest absolute Gasteiger partial charge is 0.244 e. The van der Waals surface area contributed by atoms with Gasteiger partial charge in [-0.05, 0) is 37.0 Å². The lowest BCUT2D eigenvalue weighted by molar-refractivity contribution is 1.14. The van der Waals surface area contributed by atoms with E-state index in [0.29, 0.717) is 5.56 Å². The molecule has 0 saturated carbocycles. The molecule has 0 saturated heterocycles. The van der Waals surface area contributed by atoms with Crippen LogP contribution in [0, 0.1) is 25.2 Å². The Morgan fingerprint density at radius 1 is 1.26 bits per heavy atom. The summed E-state index contributed by atoms with van der Waals surface area (Å²) in [5.41, 5.74) is 4.12. The van der Waals surface area contributed by atoms with Crippen molar-refractivity contribution in [3.63, 3.8) is 0 Å². The Morgan fingerprint density at radius 2 is 1.95 bits per heavy atom. The predicted molar refractivity (Wildman–Crippen MR) is 81.6 cm³/mol. The first kappa shape index (κ1) is 13.5. The number of hydrogen-bond donors (Lipinski definition) is 0. The molecule has 0 unspecified atom stereocenters. The summed E-state index contributed by atoms with van der Waals surface area (Å²) in [4.78, 5) is 5.61. The van der Waals surface area contributed by atoms with E-state index in [9.17, 15) is 0 Å². The van der Waals surface area contributed by atoms with Crippen molar-refractivity contribution in [3.05, 3.63) is 51.4 Å². The topological polar surface area (TPSA) is 36.1 Å². The van der Waals surface area contributed by atoms with Gasteiger partial charge >= 0.3 is 0 Å². The van der Waals surface area contributed by atoms with E-state index in [1.165, 1.54) is 5.56 Å². The molecule has 1 heterocycles. The standard InChI is InChI=1S/C16H16N2S/c1-4-13-5-7-14(8-6-13)10-18-16-15(9-17)11(2)12(3)19-16/h5-8,10H,4H2,1-3H3/b18-10+. The molecule has 0 bridgehead atoms. The summed E-state index contributed by atoms with van der Waals surface area (Å²) in [7, 11) is 0. The Labute approximate surface area is 118 Å². The summed E-state index contributed by atoms with van der Waals surface area (Å²) in [6.45, 7) is 6.13. The SMILES string of the molecule is CCc1ccc(/C=N/c2sc(C)c(C)c2C#N)cc1. The quantitative estimate of drug-likeness (QED) is 0.752. The van der Waals surface area contributed by atoms with Gasteiger partial charge in [0.2, 0.25) is 0 Å². The van der Waals surface area contributed by atoms with Crippen molar-refractivity contribution in [1.29, 1.82) is 5.26 Å². The van der Waals surface area contributed by atoms with Crippen LogP contribution >= 0.6 is 11.3 Å². The van der Waals surface area contributed by atoms with Gasteiger partial charge in [-0.15, -0.1) is 11.3 Å². The molecule has 0 radical (unpaired) electrons. The van der Waals surface area contributed by atoms with Crippen LogP contribution in [-0.2, 0) is 6.42 Å². The molecular weight excluding hydrogens is 252 g/mol. The lowest BCUT2D eigenvalue weighted by Gasteiger charge is -1.96. The van der Waals surface area contributed by atoms with Crippen molar-refractivity contribution in [2.75, 3.05) is 0 Å². The Kier molecular flexibility index (Phi) is 4.13. The van der Waals surface area contributed by atoms with E-state index in [2.05, 4.69) is 42.3 Å². The van der Waals surface area contributed by atoms with Gasteiger partial charge in [0.05, 0.1) is 5.56 Å². The number of thiophene rings is 1. The van der Waals surface area contributed by atoms with Crippen molar-refractivity contribution in [3.8, 4) is 6.07 Å². The number of rotatable bonds is 3. The summed E-state index contributed by atoms with van der Waals surface area (Å²) in [5, 5.41) is 9.96. The van der Waals surface area contributed by atoms with Crippen molar-refractivity contribution in [2.24, 2.45) is 4.99 Å². The molecule has 0 N–H and O–H groups in total. The molecule has 0 fully saturated rings. The molecule has 0 atom stereocenters. The highest BCUT2D eigenvalue weighted by Gasteiger charge is 2.10. The first-order chi connectivity index (χ1) is 9.15. The second kappa shape index (κ2) is 5.81. The fourth-order valence-corrected chi connectivity index (χ4v) is 2.76. The highest BCUT2D eigenvalue weighted by Crippen LogP contribution is 2.33. The Balaban J connectivity index is 2.27. The normalized spacial score (nSPS) is 10.8. The molecule has 0 aliphatic rings. The van der Waals surface area contributed by atoms with Gasteiger partial charge in [0.15, 0.2) is 0 Å². The van der Waals surface area contributed by atoms with Gasteiger partial charge in [-0.25, -0.2) is 4.99 Å². The second-order valence-electron chi connectivity index (χ2n) is 4.43. The van der Waals surface area contributed by atoms with E-state index in [-0.39, 0.29) is 0 Å². The molecule has 0 aliphatic heterocycles. The van der Waals surface area contributed by atoms with E-state index in [1.807, 2.05) is 20.1 Å².